The molecule has 4 heteroatoms. The standard InChI is InChI=1S/C15H20N2OS/c1-11-10-17(6-7-19-11)15(18)14-9-16-8-12-4-2-3-5-13(12)14/h2-5,11,14,16H,6-10H2,1H3. The monoisotopic (exact) mass is 276 g/mol. The Morgan fingerprint density at radius 2 is 2.26 bits per heavy atom. The molecule has 0 aliphatic carbocycles. The molecule has 2 aliphatic rings. The summed E-state index contributed by atoms with van der Waals surface area (Å²) in [5.74, 6) is 1.36. The zero-order chi connectivity index (χ0) is 13.2. The molecule has 0 saturated carbocycles. The average molecular weight is 276 g/mol. The number of rotatable bonds is 1. The van der Waals surface area contributed by atoms with E-state index in [0.29, 0.717) is 11.2 Å². The molecular weight excluding hydrogens is 256 g/mol. The first-order valence-electron chi connectivity index (χ1n) is 6.94. The molecule has 102 valence electrons. The molecule has 1 saturated heterocycles. The summed E-state index contributed by atoms with van der Waals surface area (Å²) in [7, 11) is 0. The SMILES string of the molecule is CC1CN(C(=O)C2CNCc3ccccc32)CCS1. The fraction of sp³-hybridized carbons (Fsp3) is 0.533. The molecule has 0 aromatic heterocycles. The Morgan fingerprint density at radius 3 is 3.11 bits per heavy atom. The number of amides is 1. The highest BCUT2D eigenvalue weighted by atomic mass is 32.2. The smallest absolute Gasteiger partial charge is 0.231 e. The third-order valence-electron chi connectivity index (χ3n) is 3.95. The van der Waals surface area contributed by atoms with Crippen molar-refractivity contribution in [3.8, 4) is 0 Å². The molecule has 0 radical (unpaired) electrons. The molecule has 19 heavy (non-hydrogen) atoms. The van der Waals surface area contributed by atoms with E-state index in [1.165, 1.54) is 11.1 Å². The van der Waals surface area contributed by atoms with E-state index in [4.69, 9.17) is 0 Å². The minimum Gasteiger partial charge on any atom is -0.340 e. The van der Waals surface area contributed by atoms with E-state index in [2.05, 4.69) is 29.3 Å². The van der Waals surface area contributed by atoms with Crippen molar-refractivity contribution in [3.63, 3.8) is 0 Å². The molecule has 2 heterocycles. The Kier molecular flexibility index (Phi) is 3.80. The Hall–Kier alpha value is -1.00. The molecule has 3 rings (SSSR count). The lowest BCUT2D eigenvalue weighted by Crippen LogP contribution is -2.46. The largest absolute Gasteiger partial charge is 0.340 e. The van der Waals surface area contributed by atoms with E-state index in [0.717, 1.165) is 31.9 Å². The zero-order valence-electron chi connectivity index (χ0n) is 11.3. The van der Waals surface area contributed by atoms with Crippen molar-refractivity contribution in [1.82, 2.24) is 10.2 Å². The Morgan fingerprint density at radius 1 is 1.42 bits per heavy atom. The topological polar surface area (TPSA) is 32.3 Å². The molecule has 0 bridgehead atoms. The van der Waals surface area contributed by atoms with E-state index in [-0.39, 0.29) is 5.92 Å². The number of benzene rings is 1. The minimum absolute atomic E-state index is 0.000231. The third kappa shape index (κ3) is 2.65. The van der Waals surface area contributed by atoms with Gasteiger partial charge in [-0.2, -0.15) is 11.8 Å². The second kappa shape index (κ2) is 5.55. The molecule has 3 nitrogen and oxygen atoms in total. The van der Waals surface area contributed by atoms with Crippen molar-refractivity contribution < 1.29 is 4.79 Å². The Balaban J connectivity index is 1.81. The first-order chi connectivity index (χ1) is 9.25. The molecule has 2 unspecified atom stereocenters. The highest BCUT2D eigenvalue weighted by molar-refractivity contribution is 7.99. The van der Waals surface area contributed by atoms with Crippen molar-refractivity contribution >= 4 is 17.7 Å². The lowest BCUT2D eigenvalue weighted by atomic mass is 9.89. The molecular formula is C15H20N2OS. The summed E-state index contributed by atoms with van der Waals surface area (Å²) in [4.78, 5) is 14.8. The first-order valence-corrected chi connectivity index (χ1v) is 7.99. The van der Waals surface area contributed by atoms with Crippen molar-refractivity contribution in [2.24, 2.45) is 0 Å². The van der Waals surface area contributed by atoms with Crippen LogP contribution in [0.4, 0.5) is 0 Å². The van der Waals surface area contributed by atoms with Crippen LogP contribution in [0.1, 0.15) is 24.0 Å². The Labute approximate surface area is 118 Å². The lowest BCUT2D eigenvalue weighted by Gasteiger charge is -2.35. The van der Waals surface area contributed by atoms with Crippen LogP contribution >= 0.6 is 11.8 Å². The zero-order valence-corrected chi connectivity index (χ0v) is 12.1. The van der Waals surface area contributed by atoms with Crippen LogP contribution in [-0.2, 0) is 11.3 Å². The van der Waals surface area contributed by atoms with Gasteiger partial charge in [0.1, 0.15) is 0 Å². The summed E-state index contributed by atoms with van der Waals surface area (Å²) in [5, 5.41) is 3.93. The van der Waals surface area contributed by atoms with Gasteiger partial charge in [-0.15, -0.1) is 0 Å². The van der Waals surface area contributed by atoms with E-state index < -0.39 is 0 Å². The minimum atomic E-state index is 0.000231. The quantitative estimate of drug-likeness (QED) is 0.849. The maximum absolute atomic E-state index is 12.7. The normalized spacial score (nSPS) is 26.9. The number of carbonyl (C=O) groups excluding carboxylic acids is 1. The van der Waals surface area contributed by atoms with Crippen LogP contribution in [0.15, 0.2) is 24.3 Å². The number of thioether (sulfide) groups is 1. The summed E-state index contributed by atoms with van der Waals surface area (Å²) >= 11 is 1.96. The van der Waals surface area contributed by atoms with Gasteiger partial charge >= 0.3 is 0 Å². The predicted molar refractivity (Wildman–Crippen MR) is 79.4 cm³/mol. The summed E-state index contributed by atoms with van der Waals surface area (Å²) in [5.41, 5.74) is 2.49. The van der Waals surface area contributed by atoms with Crippen molar-refractivity contribution in [1.29, 1.82) is 0 Å². The van der Waals surface area contributed by atoms with Gasteiger partial charge in [-0.1, -0.05) is 31.2 Å². The van der Waals surface area contributed by atoms with E-state index >= 15 is 0 Å². The molecule has 2 aliphatic heterocycles. The number of carbonyl (C=O) groups is 1. The lowest BCUT2D eigenvalue weighted by molar-refractivity contribution is -0.132. The van der Waals surface area contributed by atoms with Crippen LogP contribution in [-0.4, -0.2) is 41.4 Å². The van der Waals surface area contributed by atoms with Crippen molar-refractivity contribution in [2.45, 2.75) is 24.6 Å². The molecule has 2 atom stereocenters. The van der Waals surface area contributed by atoms with Gasteiger partial charge in [0.05, 0.1) is 5.92 Å². The van der Waals surface area contributed by atoms with Gasteiger partial charge in [0, 0.05) is 37.2 Å². The summed E-state index contributed by atoms with van der Waals surface area (Å²) in [6.07, 6.45) is 0. The number of hydrogen-bond donors (Lipinski definition) is 1. The van der Waals surface area contributed by atoms with Gasteiger partial charge in [-0.05, 0) is 11.1 Å². The maximum Gasteiger partial charge on any atom is 0.231 e. The van der Waals surface area contributed by atoms with Gasteiger partial charge in [0.15, 0.2) is 0 Å². The van der Waals surface area contributed by atoms with E-state index in [9.17, 15) is 4.79 Å². The van der Waals surface area contributed by atoms with Gasteiger partial charge in [0.25, 0.3) is 0 Å². The summed E-state index contributed by atoms with van der Waals surface area (Å²) in [6, 6.07) is 8.32. The number of hydrogen-bond acceptors (Lipinski definition) is 3. The third-order valence-corrected chi connectivity index (χ3v) is 5.08. The van der Waals surface area contributed by atoms with Crippen LogP contribution in [0.25, 0.3) is 0 Å². The molecule has 0 spiro atoms. The van der Waals surface area contributed by atoms with Crippen LogP contribution < -0.4 is 5.32 Å². The predicted octanol–water partition coefficient (Wildman–Crippen LogP) is 1.84. The van der Waals surface area contributed by atoms with Gasteiger partial charge < -0.3 is 10.2 Å². The fourth-order valence-corrected chi connectivity index (χ4v) is 3.97. The van der Waals surface area contributed by atoms with Crippen molar-refractivity contribution in [3.05, 3.63) is 35.4 Å². The average Bonchev–Trinajstić information content (AvgIpc) is 2.46. The van der Waals surface area contributed by atoms with E-state index in [1.54, 1.807) is 0 Å². The van der Waals surface area contributed by atoms with Gasteiger partial charge in [0.2, 0.25) is 5.91 Å². The van der Waals surface area contributed by atoms with Crippen LogP contribution in [0.5, 0.6) is 0 Å². The summed E-state index contributed by atoms with van der Waals surface area (Å²) < 4.78 is 0. The van der Waals surface area contributed by atoms with Crippen LogP contribution in [0, 0.1) is 0 Å². The van der Waals surface area contributed by atoms with Crippen LogP contribution in [0.2, 0.25) is 0 Å². The van der Waals surface area contributed by atoms with Gasteiger partial charge in [-0.3, -0.25) is 4.79 Å². The first kappa shape index (κ1) is 13.0. The van der Waals surface area contributed by atoms with Crippen LogP contribution in [0.3, 0.4) is 0 Å². The molecule has 1 aromatic rings. The van der Waals surface area contributed by atoms with Crippen molar-refractivity contribution in [2.75, 3.05) is 25.4 Å². The second-order valence-electron chi connectivity index (χ2n) is 5.35. The van der Waals surface area contributed by atoms with Gasteiger partial charge in [-0.25, -0.2) is 0 Å². The maximum atomic E-state index is 12.7. The Bertz CT molecular complexity index is 477. The molecule has 1 aromatic carbocycles. The number of fused-ring (bicyclic) bond motifs is 1. The fourth-order valence-electron chi connectivity index (χ4n) is 2.96. The molecule has 1 amide bonds. The highest BCUT2D eigenvalue weighted by Crippen LogP contribution is 2.27. The highest BCUT2D eigenvalue weighted by Gasteiger charge is 2.31. The number of nitrogens with one attached hydrogen (secondary N) is 1. The second-order valence-corrected chi connectivity index (χ2v) is 6.89. The molecule has 1 N–H and O–H groups in total. The van der Waals surface area contributed by atoms with E-state index in [1.807, 2.05) is 23.9 Å². The number of nitrogens with zero attached hydrogens (tertiary/aromatic N) is 1. The summed E-state index contributed by atoms with van der Waals surface area (Å²) in [6.45, 7) is 5.64. The molecule has 1 fully saturated rings.